The molecular weight excluding hydrogens is 288 g/mol. The van der Waals surface area contributed by atoms with Gasteiger partial charge in [-0.05, 0) is 35.2 Å². The molecule has 0 saturated carbocycles. The van der Waals surface area contributed by atoms with E-state index in [2.05, 4.69) is 25.8 Å². The highest BCUT2D eigenvalue weighted by atomic mass is 16.5. The first-order valence-electron chi connectivity index (χ1n) is 7.58. The molecule has 0 spiro atoms. The number of esters is 1. The van der Waals surface area contributed by atoms with Crippen molar-refractivity contribution in [3.05, 3.63) is 59.9 Å². The first kappa shape index (κ1) is 15.3. The number of hydrogen-bond donors (Lipinski definition) is 0. The molecule has 23 heavy (non-hydrogen) atoms. The van der Waals surface area contributed by atoms with Crippen molar-refractivity contribution in [3.8, 4) is 5.75 Å². The number of nitrogens with zero attached hydrogens (tertiary/aromatic N) is 2. The zero-order valence-corrected chi connectivity index (χ0v) is 13.8. The molecule has 3 rings (SSSR count). The van der Waals surface area contributed by atoms with Gasteiger partial charge in [0, 0.05) is 13.1 Å². The lowest BCUT2D eigenvalue weighted by atomic mass is 9.87. The average molecular weight is 308 g/mol. The molecule has 0 atom stereocenters. The van der Waals surface area contributed by atoms with Gasteiger partial charge in [-0.1, -0.05) is 32.9 Å². The molecule has 0 N–H and O–H groups in total. The molecule has 0 aliphatic carbocycles. The van der Waals surface area contributed by atoms with Crippen molar-refractivity contribution in [2.45, 2.75) is 26.2 Å². The van der Waals surface area contributed by atoms with Crippen LogP contribution in [0.5, 0.6) is 5.75 Å². The van der Waals surface area contributed by atoms with Crippen molar-refractivity contribution in [1.82, 2.24) is 9.55 Å². The Morgan fingerprint density at radius 3 is 2.43 bits per heavy atom. The van der Waals surface area contributed by atoms with Gasteiger partial charge in [0.05, 0.1) is 22.9 Å². The lowest BCUT2D eigenvalue weighted by Gasteiger charge is -2.18. The lowest BCUT2D eigenvalue weighted by molar-refractivity contribution is 0.0735. The maximum atomic E-state index is 12.3. The monoisotopic (exact) mass is 308 g/mol. The van der Waals surface area contributed by atoms with Crippen LogP contribution >= 0.6 is 0 Å². The lowest BCUT2D eigenvalue weighted by Crippen LogP contribution is -2.12. The van der Waals surface area contributed by atoms with E-state index in [9.17, 15) is 4.79 Å². The van der Waals surface area contributed by atoms with Crippen LogP contribution in [0.15, 0.2) is 48.8 Å². The highest BCUT2D eigenvalue weighted by molar-refractivity contribution is 5.91. The van der Waals surface area contributed by atoms with Gasteiger partial charge >= 0.3 is 5.97 Å². The number of rotatable bonds is 2. The topological polar surface area (TPSA) is 44.1 Å². The smallest absolute Gasteiger partial charge is 0.343 e. The summed E-state index contributed by atoms with van der Waals surface area (Å²) in [4.78, 5) is 16.5. The highest BCUT2D eigenvalue weighted by Crippen LogP contribution is 2.23. The van der Waals surface area contributed by atoms with Crippen LogP contribution in [0, 0.1) is 0 Å². The van der Waals surface area contributed by atoms with E-state index in [0.717, 1.165) is 11.0 Å². The number of carbonyl (C=O) groups is 1. The number of fused-ring (bicyclic) bond motifs is 1. The average Bonchev–Trinajstić information content (AvgIpc) is 2.87. The second-order valence-electron chi connectivity index (χ2n) is 6.72. The van der Waals surface area contributed by atoms with Crippen LogP contribution in [0.1, 0.15) is 36.7 Å². The summed E-state index contributed by atoms with van der Waals surface area (Å²) >= 11 is 0. The Morgan fingerprint density at radius 2 is 1.78 bits per heavy atom. The molecule has 4 heteroatoms. The third kappa shape index (κ3) is 3.11. The number of benzene rings is 2. The summed E-state index contributed by atoms with van der Waals surface area (Å²) in [7, 11) is 1.93. The van der Waals surface area contributed by atoms with E-state index in [1.54, 1.807) is 18.5 Å². The van der Waals surface area contributed by atoms with Gasteiger partial charge in [-0.15, -0.1) is 0 Å². The first-order valence-corrected chi connectivity index (χ1v) is 7.58. The second-order valence-corrected chi connectivity index (χ2v) is 6.72. The van der Waals surface area contributed by atoms with Crippen molar-refractivity contribution < 1.29 is 9.53 Å². The van der Waals surface area contributed by atoms with Gasteiger partial charge < -0.3 is 9.30 Å². The van der Waals surface area contributed by atoms with E-state index in [1.165, 1.54) is 5.56 Å². The zero-order valence-electron chi connectivity index (χ0n) is 13.8. The maximum Gasteiger partial charge on any atom is 0.343 e. The van der Waals surface area contributed by atoms with Gasteiger partial charge in [-0.3, -0.25) is 0 Å². The number of ether oxygens (including phenoxy) is 1. The molecule has 4 nitrogen and oxygen atoms in total. The Morgan fingerprint density at radius 1 is 1.09 bits per heavy atom. The second kappa shape index (κ2) is 5.54. The molecule has 0 amide bonds. The molecule has 0 radical (unpaired) electrons. The number of aryl methyl sites for hydroxylation is 1. The summed E-state index contributed by atoms with van der Waals surface area (Å²) < 4.78 is 7.38. The minimum absolute atomic E-state index is 0.0620. The molecule has 1 aromatic heterocycles. The minimum atomic E-state index is -0.360. The first-order chi connectivity index (χ1) is 10.8. The number of carbonyl (C=O) groups excluding carboxylic acids is 1. The van der Waals surface area contributed by atoms with Crippen molar-refractivity contribution in [2.75, 3.05) is 0 Å². The van der Waals surface area contributed by atoms with E-state index in [4.69, 9.17) is 4.74 Å². The largest absolute Gasteiger partial charge is 0.423 e. The fraction of sp³-hybridized carbons (Fsp3) is 0.263. The predicted octanol–water partition coefficient (Wildman–Crippen LogP) is 4.09. The molecular formula is C19H20N2O2. The zero-order chi connectivity index (χ0) is 16.6. The molecule has 0 bridgehead atoms. The van der Waals surface area contributed by atoms with E-state index in [1.807, 2.05) is 41.9 Å². The number of imidazole rings is 1. The molecule has 118 valence electrons. The summed E-state index contributed by atoms with van der Waals surface area (Å²) in [5.74, 6) is 0.141. The molecule has 1 heterocycles. The Balaban J connectivity index is 1.80. The Bertz CT molecular complexity index is 855. The fourth-order valence-corrected chi connectivity index (χ4v) is 2.45. The number of hydrogen-bond acceptors (Lipinski definition) is 3. The van der Waals surface area contributed by atoms with Crippen LogP contribution in [-0.2, 0) is 12.5 Å². The van der Waals surface area contributed by atoms with E-state index in [0.29, 0.717) is 11.3 Å². The Kier molecular flexibility index (Phi) is 3.68. The molecule has 0 aliphatic heterocycles. The SMILES string of the molecule is Cn1cnc2cc(OC(=O)c3ccc(C(C)(C)C)cc3)ccc21. The van der Waals surface area contributed by atoms with E-state index >= 15 is 0 Å². The summed E-state index contributed by atoms with van der Waals surface area (Å²) in [5, 5.41) is 0. The Labute approximate surface area is 135 Å². The molecule has 0 saturated heterocycles. The molecule has 0 fully saturated rings. The maximum absolute atomic E-state index is 12.3. The summed E-state index contributed by atoms with van der Waals surface area (Å²) in [5.41, 5.74) is 3.59. The van der Waals surface area contributed by atoms with Crippen LogP contribution in [0.2, 0.25) is 0 Å². The third-order valence-electron chi connectivity index (χ3n) is 3.89. The van der Waals surface area contributed by atoms with Crippen molar-refractivity contribution >= 4 is 17.0 Å². The van der Waals surface area contributed by atoms with Crippen molar-refractivity contribution in [1.29, 1.82) is 0 Å². The van der Waals surface area contributed by atoms with Gasteiger partial charge in [0.25, 0.3) is 0 Å². The molecule has 3 aromatic rings. The van der Waals surface area contributed by atoms with Gasteiger partial charge in [0.1, 0.15) is 5.75 Å². The van der Waals surface area contributed by atoms with E-state index < -0.39 is 0 Å². The normalized spacial score (nSPS) is 11.7. The van der Waals surface area contributed by atoms with Crippen LogP contribution in [0.25, 0.3) is 11.0 Å². The molecule has 0 unspecified atom stereocenters. The van der Waals surface area contributed by atoms with Crippen LogP contribution in [-0.4, -0.2) is 15.5 Å². The van der Waals surface area contributed by atoms with Crippen molar-refractivity contribution in [3.63, 3.8) is 0 Å². The third-order valence-corrected chi connectivity index (χ3v) is 3.89. The van der Waals surface area contributed by atoms with Crippen molar-refractivity contribution in [2.24, 2.45) is 7.05 Å². The van der Waals surface area contributed by atoms with Crippen LogP contribution < -0.4 is 4.74 Å². The number of aromatic nitrogens is 2. The molecule has 0 aliphatic rings. The summed E-state index contributed by atoms with van der Waals surface area (Å²) in [6.45, 7) is 6.42. The minimum Gasteiger partial charge on any atom is -0.423 e. The van der Waals surface area contributed by atoms with Gasteiger partial charge in [0.2, 0.25) is 0 Å². The van der Waals surface area contributed by atoms with Gasteiger partial charge in [-0.2, -0.15) is 0 Å². The van der Waals surface area contributed by atoms with E-state index in [-0.39, 0.29) is 11.4 Å². The fourth-order valence-electron chi connectivity index (χ4n) is 2.45. The Hall–Kier alpha value is -2.62. The van der Waals surface area contributed by atoms with Gasteiger partial charge in [-0.25, -0.2) is 9.78 Å². The quantitative estimate of drug-likeness (QED) is 0.529. The van der Waals surface area contributed by atoms with Crippen LogP contribution in [0.3, 0.4) is 0 Å². The molecule has 2 aromatic carbocycles. The van der Waals surface area contributed by atoms with Crippen LogP contribution in [0.4, 0.5) is 0 Å². The predicted molar refractivity (Wildman–Crippen MR) is 90.8 cm³/mol. The summed E-state index contributed by atoms with van der Waals surface area (Å²) in [6.07, 6.45) is 1.74. The highest BCUT2D eigenvalue weighted by Gasteiger charge is 2.15. The van der Waals surface area contributed by atoms with Gasteiger partial charge in [0.15, 0.2) is 0 Å². The summed E-state index contributed by atoms with van der Waals surface area (Å²) in [6, 6.07) is 13.0. The standard InChI is InChI=1S/C19H20N2O2/c1-19(2,3)14-7-5-13(6-8-14)18(22)23-15-9-10-17-16(11-15)20-12-21(17)4/h5-12H,1-4H3.